The smallest absolute Gasteiger partial charge is 0.253 e. The van der Waals surface area contributed by atoms with Gasteiger partial charge in [0.15, 0.2) is 0 Å². The first-order valence-electron chi connectivity index (χ1n) is 9.08. The summed E-state index contributed by atoms with van der Waals surface area (Å²) in [6, 6.07) is 8.21. The molecule has 0 bridgehead atoms. The van der Waals surface area contributed by atoms with Gasteiger partial charge in [-0.2, -0.15) is 0 Å². The quantitative estimate of drug-likeness (QED) is 0.671. The molecule has 0 saturated heterocycles. The molecule has 0 aliphatic heterocycles. The first-order valence-corrected chi connectivity index (χ1v) is 9.84. The summed E-state index contributed by atoms with van der Waals surface area (Å²) in [5.74, 6) is -1.18. The average molecular weight is 428 g/mol. The minimum atomic E-state index is -1.45. The number of carbonyl (C=O) groups is 1. The van der Waals surface area contributed by atoms with Crippen molar-refractivity contribution in [1.82, 2.24) is 5.32 Å². The van der Waals surface area contributed by atoms with Crippen molar-refractivity contribution in [3.05, 3.63) is 69.0 Å². The van der Waals surface area contributed by atoms with Gasteiger partial charge < -0.3 is 10.4 Å². The van der Waals surface area contributed by atoms with E-state index in [1.54, 1.807) is 24.3 Å². The lowest BCUT2D eigenvalue weighted by Crippen LogP contribution is -2.48. The zero-order valence-corrected chi connectivity index (χ0v) is 16.8. The van der Waals surface area contributed by atoms with Crippen LogP contribution in [-0.2, 0) is 0 Å². The average Bonchev–Trinajstić information content (AvgIpc) is 2.66. The van der Waals surface area contributed by atoms with Gasteiger partial charge in [0.1, 0.15) is 12.0 Å². The van der Waals surface area contributed by atoms with E-state index in [0.717, 1.165) is 5.56 Å². The van der Waals surface area contributed by atoms with Crippen LogP contribution in [0.4, 0.5) is 8.78 Å². The Hall–Kier alpha value is -1.69. The summed E-state index contributed by atoms with van der Waals surface area (Å²) in [5, 5.41) is 14.1. The van der Waals surface area contributed by atoms with E-state index in [1.165, 1.54) is 12.1 Å². The number of aryl methyl sites for hydroxylation is 1. The van der Waals surface area contributed by atoms with Crippen LogP contribution >= 0.6 is 23.2 Å². The zero-order chi connectivity index (χ0) is 20.5. The number of nitrogens with one attached hydrogen (secondary N) is 1. The third-order valence-electron chi connectivity index (χ3n) is 5.25. The summed E-state index contributed by atoms with van der Waals surface area (Å²) < 4.78 is 27.7. The number of hydrogen-bond donors (Lipinski definition) is 2. The number of benzene rings is 2. The van der Waals surface area contributed by atoms with Crippen LogP contribution in [-0.4, -0.2) is 22.8 Å². The van der Waals surface area contributed by atoms with Crippen LogP contribution in [0.2, 0.25) is 10.0 Å². The van der Waals surface area contributed by atoms with Gasteiger partial charge in [0.05, 0.1) is 27.3 Å². The number of amides is 1. The van der Waals surface area contributed by atoms with Crippen molar-refractivity contribution < 1.29 is 18.7 Å². The zero-order valence-electron chi connectivity index (χ0n) is 15.3. The molecule has 1 atom stereocenters. The van der Waals surface area contributed by atoms with E-state index >= 15 is 0 Å². The highest BCUT2D eigenvalue weighted by Gasteiger charge is 2.43. The largest absolute Gasteiger partial charge is 0.387 e. The first-order chi connectivity index (χ1) is 13.2. The van der Waals surface area contributed by atoms with Gasteiger partial charge in [-0.1, -0.05) is 47.0 Å². The van der Waals surface area contributed by atoms with Crippen LogP contribution in [0.5, 0.6) is 0 Å². The van der Waals surface area contributed by atoms with Crippen LogP contribution in [0.15, 0.2) is 36.4 Å². The third kappa shape index (κ3) is 4.32. The summed E-state index contributed by atoms with van der Waals surface area (Å²) in [7, 11) is 0. The Kier molecular flexibility index (Phi) is 6.28. The van der Waals surface area contributed by atoms with E-state index in [9.17, 15) is 18.7 Å². The SMILES string of the molecule is Cc1ccc(Cl)c(C(=O)NC(c2cccc(F)c2Cl)[C@]2(O)CC[C@H](F)CC2)c1. The minimum absolute atomic E-state index is 0.119. The molecule has 1 aliphatic carbocycles. The molecular formula is C21H21Cl2F2NO2. The Morgan fingerprint density at radius 3 is 2.61 bits per heavy atom. The predicted molar refractivity (Wildman–Crippen MR) is 106 cm³/mol. The Labute approximate surface area is 172 Å². The van der Waals surface area contributed by atoms with Crippen LogP contribution < -0.4 is 5.32 Å². The lowest BCUT2D eigenvalue weighted by Gasteiger charge is -2.41. The maximum atomic E-state index is 14.1. The molecule has 150 valence electrons. The fraction of sp³-hybridized carbons (Fsp3) is 0.381. The number of halogens is 4. The Balaban J connectivity index is 2.00. The second-order valence-corrected chi connectivity index (χ2v) is 8.10. The number of aliphatic hydroxyl groups is 1. The molecule has 2 aromatic rings. The molecule has 0 aromatic heterocycles. The van der Waals surface area contributed by atoms with Gasteiger partial charge in [0, 0.05) is 0 Å². The number of hydrogen-bond acceptors (Lipinski definition) is 2. The Bertz CT molecular complexity index is 883. The second kappa shape index (κ2) is 8.36. The van der Waals surface area contributed by atoms with E-state index in [2.05, 4.69) is 5.32 Å². The van der Waals surface area contributed by atoms with Crippen molar-refractivity contribution in [1.29, 1.82) is 0 Å². The van der Waals surface area contributed by atoms with Crippen molar-refractivity contribution >= 4 is 29.1 Å². The van der Waals surface area contributed by atoms with Crippen LogP contribution in [0.25, 0.3) is 0 Å². The molecule has 0 radical (unpaired) electrons. The molecule has 1 aliphatic rings. The number of rotatable bonds is 4. The van der Waals surface area contributed by atoms with Gasteiger partial charge in [-0.05, 0) is 56.4 Å². The molecular weight excluding hydrogens is 407 g/mol. The Morgan fingerprint density at radius 2 is 1.93 bits per heavy atom. The summed E-state index contributed by atoms with van der Waals surface area (Å²) >= 11 is 12.3. The molecule has 1 amide bonds. The van der Waals surface area contributed by atoms with Crippen molar-refractivity contribution in [2.45, 2.75) is 50.4 Å². The van der Waals surface area contributed by atoms with E-state index < -0.39 is 29.5 Å². The minimum Gasteiger partial charge on any atom is -0.387 e. The highest BCUT2D eigenvalue weighted by Crippen LogP contribution is 2.42. The monoisotopic (exact) mass is 427 g/mol. The predicted octanol–water partition coefficient (Wildman–Crippen LogP) is 5.56. The number of carbonyl (C=O) groups excluding carboxylic acids is 1. The molecule has 1 saturated carbocycles. The topological polar surface area (TPSA) is 49.3 Å². The van der Waals surface area contributed by atoms with Gasteiger partial charge in [-0.3, -0.25) is 4.79 Å². The van der Waals surface area contributed by atoms with Gasteiger partial charge in [-0.15, -0.1) is 0 Å². The lowest BCUT2D eigenvalue weighted by atomic mass is 9.76. The third-order valence-corrected chi connectivity index (χ3v) is 5.98. The molecule has 7 heteroatoms. The summed E-state index contributed by atoms with van der Waals surface area (Å²) in [6.07, 6.45) is -0.464. The standard InChI is InChI=1S/C21H21Cl2F2NO2/c1-12-5-6-16(22)15(11-12)20(27)26-19(14-3-2-4-17(25)18(14)23)21(28)9-7-13(24)8-10-21/h2-6,11,13,19,28H,7-10H2,1H3,(H,26,27)/t13-,19?,21-. The van der Waals surface area contributed by atoms with Gasteiger partial charge in [-0.25, -0.2) is 8.78 Å². The van der Waals surface area contributed by atoms with Crippen LogP contribution in [0.1, 0.15) is 53.2 Å². The Morgan fingerprint density at radius 1 is 1.25 bits per heavy atom. The molecule has 1 unspecified atom stereocenters. The highest BCUT2D eigenvalue weighted by molar-refractivity contribution is 6.34. The van der Waals surface area contributed by atoms with E-state index in [4.69, 9.17) is 23.2 Å². The van der Waals surface area contributed by atoms with Crippen LogP contribution in [0, 0.1) is 12.7 Å². The van der Waals surface area contributed by atoms with Crippen molar-refractivity contribution in [2.75, 3.05) is 0 Å². The van der Waals surface area contributed by atoms with Gasteiger partial charge >= 0.3 is 0 Å². The normalized spacial score (nSPS) is 23.3. The fourth-order valence-electron chi connectivity index (χ4n) is 3.64. The van der Waals surface area contributed by atoms with Gasteiger partial charge in [0.25, 0.3) is 5.91 Å². The van der Waals surface area contributed by atoms with Crippen LogP contribution in [0.3, 0.4) is 0 Å². The molecule has 3 nitrogen and oxygen atoms in total. The van der Waals surface area contributed by atoms with E-state index in [1.807, 2.05) is 6.92 Å². The molecule has 28 heavy (non-hydrogen) atoms. The molecule has 0 heterocycles. The summed E-state index contributed by atoms with van der Waals surface area (Å²) in [5.41, 5.74) is -0.126. The second-order valence-electron chi connectivity index (χ2n) is 7.31. The molecule has 3 rings (SSSR count). The van der Waals surface area contributed by atoms with Crippen molar-refractivity contribution in [2.24, 2.45) is 0 Å². The number of alkyl halides is 1. The maximum Gasteiger partial charge on any atom is 0.253 e. The van der Waals surface area contributed by atoms with Crippen molar-refractivity contribution in [3.8, 4) is 0 Å². The van der Waals surface area contributed by atoms with E-state index in [0.29, 0.717) is 0 Å². The van der Waals surface area contributed by atoms with Crippen molar-refractivity contribution in [3.63, 3.8) is 0 Å². The highest BCUT2D eigenvalue weighted by atomic mass is 35.5. The van der Waals surface area contributed by atoms with E-state index in [-0.39, 0.29) is 46.9 Å². The molecule has 1 fully saturated rings. The van der Waals surface area contributed by atoms with Gasteiger partial charge in [0.2, 0.25) is 0 Å². The molecule has 0 spiro atoms. The first kappa shape index (κ1) is 21.0. The molecule has 2 aromatic carbocycles. The maximum absolute atomic E-state index is 14.1. The summed E-state index contributed by atoms with van der Waals surface area (Å²) in [6.45, 7) is 1.82. The fourth-order valence-corrected chi connectivity index (χ4v) is 4.08. The lowest BCUT2D eigenvalue weighted by molar-refractivity contribution is -0.0445. The molecule has 2 N–H and O–H groups in total. The summed E-state index contributed by atoms with van der Waals surface area (Å²) in [4.78, 5) is 12.9.